The van der Waals surface area contributed by atoms with Gasteiger partial charge in [0.1, 0.15) is 0 Å². The van der Waals surface area contributed by atoms with E-state index in [1.807, 2.05) is 0 Å². The SMILES string of the molecule is CC(F)(F)CC(C(=O)O)c1ccc([N+](=O)[O-])c(N(Cc2ccccc2)Cc2ccccc2)c1F. The summed E-state index contributed by atoms with van der Waals surface area (Å²) < 4.78 is 43.3. The maximum absolute atomic E-state index is 15.9. The van der Waals surface area contributed by atoms with Crippen molar-refractivity contribution in [2.45, 2.75) is 38.3 Å². The lowest BCUT2D eigenvalue weighted by Crippen LogP contribution is -2.27. The van der Waals surface area contributed by atoms with Crippen molar-refractivity contribution in [3.05, 3.63) is 105 Å². The van der Waals surface area contributed by atoms with Gasteiger partial charge in [0.15, 0.2) is 11.5 Å². The largest absolute Gasteiger partial charge is 0.481 e. The number of halogens is 3. The molecule has 1 unspecified atom stereocenters. The number of anilines is 1. The molecule has 0 radical (unpaired) electrons. The maximum atomic E-state index is 15.9. The number of hydrogen-bond acceptors (Lipinski definition) is 4. The van der Waals surface area contributed by atoms with E-state index < -0.39 is 51.9 Å². The third kappa shape index (κ3) is 6.12. The first-order valence-electron chi connectivity index (χ1n) is 10.5. The standard InChI is InChI=1S/C25H23F3N2O4/c1-25(27,28)14-20(24(31)32)19-12-13-21(30(33)34)23(22(19)26)29(15-17-8-4-2-5-9-17)16-18-10-6-3-7-11-18/h2-13,20H,14-16H2,1H3,(H,31,32). The van der Waals surface area contributed by atoms with Crippen LogP contribution in [0, 0.1) is 15.9 Å². The number of carboxylic acid groups (broad SMARTS) is 1. The topological polar surface area (TPSA) is 83.7 Å². The van der Waals surface area contributed by atoms with E-state index in [0.29, 0.717) is 6.92 Å². The van der Waals surface area contributed by atoms with E-state index >= 15 is 4.39 Å². The Morgan fingerprint density at radius 1 is 1.00 bits per heavy atom. The average Bonchev–Trinajstić information content (AvgIpc) is 2.77. The summed E-state index contributed by atoms with van der Waals surface area (Å²) in [6.45, 7) is 0.682. The van der Waals surface area contributed by atoms with Crippen LogP contribution in [-0.4, -0.2) is 21.9 Å². The first-order chi connectivity index (χ1) is 16.1. The van der Waals surface area contributed by atoms with E-state index in [4.69, 9.17) is 0 Å². The number of carboxylic acids is 1. The van der Waals surface area contributed by atoms with Gasteiger partial charge in [0, 0.05) is 31.1 Å². The van der Waals surface area contributed by atoms with Gasteiger partial charge in [0.25, 0.3) is 5.69 Å². The number of nitrogens with zero attached hydrogens (tertiary/aromatic N) is 2. The molecule has 34 heavy (non-hydrogen) atoms. The Kier molecular flexibility index (Phi) is 7.55. The van der Waals surface area contributed by atoms with Crippen LogP contribution in [0.15, 0.2) is 72.8 Å². The van der Waals surface area contributed by atoms with Gasteiger partial charge in [-0.15, -0.1) is 0 Å². The molecule has 3 rings (SSSR count). The summed E-state index contributed by atoms with van der Waals surface area (Å²) in [7, 11) is 0. The first kappa shape index (κ1) is 24.8. The third-order valence-corrected chi connectivity index (χ3v) is 5.31. The summed E-state index contributed by atoms with van der Waals surface area (Å²) in [4.78, 5) is 24.2. The molecule has 0 fully saturated rings. The van der Waals surface area contributed by atoms with Gasteiger partial charge >= 0.3 is 5.97 Å². The highest BCUT2D eigenvalue weighted by Gasteiger charge is 2.37. The zero-order valence-corrected chi connectivity index (χ0v) is 18.3. The molecule has 178 valence electrons. The molecule has 1 N–H and O–H groups in total. The lowest BCUT2D eigenvalue weighted by molar-refractivity contribution is -0.384. The molecule has 0 spiro atoms. The van der Waals surface area contributed by atoms with Crippen LogP contribution >= 0.6 is 0 Å². The monoisotopic (exact) mass is 472 g/mol. The van der Waals surface area contributed by atoms with Gasteiger partial charge in [-0.2, -0.15) is 0 Å². The van der Waals surface area contributed by atoms with Gasteiger partial charge in [-0.1, -0.05) is 60.7 Å². The number of carbonyl (C=O) groups is 1. The molecule has 0 saturated carbocycles. The van der Waals surface area contributed by atoms with Crippen molar-refractivity contribution in [3.63, 3.8) is 0 Å². The molecule has 0 heterocycles. The molecular weight excluding hydrogens is 449 g/mol. The van der Waals surface area contributed by atoms with Crippen molar-refractivity contribution < 1.29 is 28.0 Å². The molecule has 0 aliphatic rings. The normalized spacial score (nSPS) is 12.2. The number of alkyl halides is 2. The number of rotatable bonds is 10. The van der Waals surface area contributed by atoms with E-state index in [1.54, 1.807) is 60.7 Å². The first-order valence-corrected chi connectivity index (χ1v) is 10.5. The fourth-order valence-corrected chi connectivity index (χ4v) is 3.80. The van der Waals surface area contributed by atoms with Crippen molar-refractivity contribution in [2.24, 2.45) is 0 Å². The summed E-state index contributed by atoms with van der Waals surface area (Å²) in [5.74, 6) is -8.10. The van der Waals surface area contributed by atoms with Crippen molar-refractivity contribution in [1.29, 1.82) is 0 Å². The fraction of sp³-hybridized carbons (Fsp3) is 0.240. The van der Waals surface area contributed by atoms with Crippen molar-refractivity contribution in [1.82, 2.24) is 0 Å². The Balaban J connectivity index is 2.18. The molecule has 0 aliphatic heterocycles. The predicted molar refractivity (Wildman–Crippen MR) is 121 cm³/mol. The van der Waals surface area contributed by atoms with Crippen LogP contribution < -0.4 is 4.90 Å². The van der Waals surface area contributed by atoms with E-state index in [0.717, 1.165) is 23.3 Å². The van der Waals surface area contributed by atoms with Gasteiger partial charge < -0.3 is 10.0 Å². The van der Waals surface area contributed by atoms with Crippen LogP contribution in [0.5, 0.6) is 0 Å². The molecule has 0 saturated heterocycles. The second-order valence-electron chi connectivity index (χ2n) is 8.09. The molecule has 0 amide bonds. The Morgan fingerprint density at radius 2 is 1.50 bits per heavy atom. The van der Waals surface area contributed by atoms with Crippen molar-refractivity contribution in [2.75, 3.05) is 4.90 Å². The number of hydrogen-bond donors (Lipinski definition) is 1. The van der Waals surface area contributed by atoms with Gasteiger partial charge in [-0.05, 0) is 24.1 Å². The van der Waals surface area contributed by atoms with Crippen molar-refractivity contribution >= 4 is 17.3 Å². The van der Waals surface area contributed by atoms with Crippen LogP contribution in [-0.2, 0) is 17.9 Å². The minimum Gasteiger partial charge on any atom is -0.481 e. The van der Waals surface area contributed by atoms with Crippen LogP contribution in [0.2, 0.25) is 0 Å². The fourth-order valence-electron chi connectivity index (χ4n) is 3.80. The third-order valence-electron chi connectivity index (χ3n) is 5.31. The summed E-state index contributed by atoms with van der Waals surface area (Å²) in [5.41, 5.74) is -0.0954. The Hall–Kier alpha value is -3.88. The molecule has 3 aromatic rings. The number of aliphatic carboxylic acids is 1. The minimum atomic E-state index is -3.38. The van der Waals surface area contributed by atoms with E-state index in [9.17, 15) is 28.8 Å². The second-order valence-corrected chi connectivity index (χ2v) is 8.09. The molecule has 1 atom stereocenters. The second kappa shape index (κ2) is 10.4. The van der Waals surface area contributed by atoms with Gasteiger partial charge in [-0.25, -0.2) is 13.2 Å². The van der Waals surface area contributed by atoms with Crippen LogP contribution in [0.25, 0.3) is 0 Å². The van der Waals surface area contributed by atoms with Crippen molar-refractivity contribution in [3.8, 4) is 0 Å². The maximum Gasteiger partial charge on any atom is 0.311 e. The molecule has 0 aliphatic carbocycles. The molecule has 0 aromatic heterocycles. The Bertz CT molecular complexity index is 1110. The Morgan fingerprint density at radius 3 is 1.91 bits per heavy atom. The van der Waals surface area contributed by atoms with Gasteiger partial charge in [-0.3, -0.25) is 14.9 Å². The summed E-state index contributed by atoms with van der Waals surface area (Å²) >= 11 is 0. The Labute approximate surface area is 194 Å². The smallest absolute Gasteiger partial charge is 0.311 e. The number of benzene rings is 3. The molecule has 3 aromatic carbocycles. The van der Waals surface area contributed by atoms with Crippen LogP contribution in [0.4, 0.5) is 24.5 Å². The van der Waals surface area contributed by atoms with E-state index in [-0.39, 0.29) is 13.1 Å². The molecule has 0 bridgehead atoms. The molecule has 9 heteroatoms. The number of nitro groups is 1. The van der Waals surface area contributed by atoms with Crippen LogP contribution in [0.1, 0.15) is 36.0 Å². The van der Waals surface area contributed by atoms with E-state index in [1.165, 1.54) is 4.90 Å². The number of nitro benzene ring substituents is 1. The minimum absolute atomic E-state index is 0.0681. The van der Waals surface area contributed by atoms with E-state index in [2.05, 4.69) is 0 Å². The highest BCUT2D eigenvalue weighted by Crippen LogP contribution is 2.40. The summed E-state index contributed by atoms with van der Waals surface area (Å²) in [6, 6.07) is 19.6. The molecule has 6 nitrogen and oxygen atoms in total. The lowest BCUT2D eigenvalue weighted by atomic mass is 9.91. The molecular formula is C25H23F3N2O4. The predicted octanol–water partition coefficient (Wildman–Crippen LogP) is 6.15. The zero-order chi connectivity index (χ0) is 24.9. The summed E-state index contributed by atoms with van der Waals surface area (Å²) in [5, 5.41) is 21.3. The lowest BCUT2D eigenvalue weighted by Gasteiger charge is -2.27. The average molecular weight is 472 g/mol. The van der Waals surface area contributed by atoms with Gasteiger partial charge in [0.05, 0.1) is 10.8 Å². The quantitative estimate of drug-likeness (QED) is 0.282. The highest BCUT2D eigenvalue weighted by atomic mass is 19.3. The van der Waals surface area contributed by atoms with Crippen LogP contribution in [0.3, 0.4) is 0 Å². The highest BCUT2D eigenvalue weighted by molar-refractivity contribution is 5.78. The van der Waals surface area contributed by atoms with Gasteiger partial charge in [0.2, 0.25) is 5.92 Å². The summed E-state index contributed by atoms with van der Waals surface area (Å²) in [6.07, 6.45) is -1.14. The zero-order valence-electron chi connectivity index (χ0n) is 18.3.